The van der Waals surface area contributed by atoms with E-state index in [0.29, 0.717) is 23.5 Å². The third kappa shape index (κ3) is 3.88. The second kappa shape index (κ2) is 6.30. The Hall–Kier alpha value is -1.20. The Morgan fingerprint density at radius 1 is 1.37 bits per heavy atom. The van der Waals surface area contributed by atoms with Crippen LogP contribution in [0.4, 0.5) is 0 Å². The van der Waals surface area contributed by atoms with Gasteiger partial charge >= 0.3 is 0 Å². The normalized spacial score (nSPS) is 11.0. The Labute approximate surface area is 121 Å². The molecule has 2 rings (SSSR count). The molecular weight excluding hydrogens is 282 g/mol. The summed E-state index contributed by atoms with van der Waals surface area (Å²) in [5, 5.41) is 0.419. The van der Waals surface area contributed by atoms with E-state index in [-0.39, 0.29) is 5.92 Å². The van der Waals surface area contributed by atoms with Gasteiger partial charge in [0.05, 0.1) is 17.8 Å². The number of thiazole rings is 1. The fourth-order valence-corrected chi connectivity index (χ4v) is 2.50. The monoisotopic (exact) mass is 297 g/mol. The number of ether oxygens (including phenoxy) is 1. The van der Waals surface area contributed by atoms with Crippen LogP contribution >= 0.6 is 22.9 Å². The minimum absolute atomic E-state index is 0.227. The second-order valence-electron chi connectivity index (χ2n) is 4.50. The van der Waals surface area contributed by atoms with Gasteiger partial charge in [-0.25, -0.2) is 9.97 Å². The van der Waals surface area contributed by atoms with Crippen molar-refractivity contribution in [3.05, 3.63) is 33.1 Å². The molecule has 0 amide bonds. The van der Waals surface area contributed by atoms with Crippen molar-refractivity contribution < 1.29 is 4.74 Å². The largest absolute Gasteiger partial charge is 0.477 e. The summed E-state index contributed by atoms with van der Waals surface area (Å²) >= 11 is 7.60. The quantitative estimate of drug-likeness (QED) is 0.791. The molecule has 0 aliphatic heterocycles. The van der Waals surface area contributed by atoms with Crippen molar-refractivity contribution in [2.24, 2.45) is 0 Å². The van der Waals surface area contributed by atoms with Gasteiger partial charge in [0.15, 0.2) is 0 Å². The number of hydrogen-bond acceptors (Lipinski definition) is 5. The highest BCUT2D eigenvalue weighted by molar-refractivity contribution is 7.09. The first kappa shape index (κ1) is 14.2. The minimum Gasteiger partial charge on any atom is -0.477 e. The Morgan fingerprint density at radius 3 is 2.79 bits per heavy atom. The number of halogens is 1. The van der Waals surface area contributed by atoms with Crippen LogP contribution in [0.1, 0.15) is 36.2 Å². The molecule has 102 valence electrons. The lowest BCUT2D eigenvalue weighted by Gasteiger charge is -2.08. The molecule has 19 heavy (non-hydrogen) atoms. The molecule has 0 radical (unpaired) electrons. The van der Waals surface area contributed by atoms with E-state index in [0.717, 1.165) is 12.1 Å². The molecule has 0 saturated heterocycles. The molecule has 6 heteroatoms. The molecular formula is C13H16ClN3OS. The highest BCUT2D eigenvalue weighted by Gasteiger charge is 2.08. The Kier molecular flexibility index (Phi) is 4.71. The van der Waals surface area contributed by atoms with Crippen LogP contribution in [-0.4, -0.2) is 21.6 Å². The molecule has 0 atom stereocenters. The molecule has 0 N–H and O–H groups in total. The zero-order chi connectivity index (χ0) is 13.8. The van der Waals surface area contributed by atoms with E-state index in [9.17, 15) is 0 Å². The average Bonchev–Trinajstić information content (AvgIpc) is 2.74. The maximum absolute atomic E-state index is 5.96. The molecule has 0 saturated carbocycles. The Morgan fingerprint density at radius 2 is 2.16 bits per heavy atom. The summed E-state index contributed by atoms with van der Waals surface area (Å²) < 4.78 is 5.65. The predicted molar refractivity (Wildman–Crippen MR) is 77.2 cm³/mol. The minimum atomic E-state index is 0.227. The highest BCUT2D eigenvalue weighted by Crippen LogP contribution is 2.19. The van der Waals surface area contributed by atoms with E-state index in [1.807, 2.05) is 26.3 Å². The third-order valence-electron chi connectivity index (χ3n) is 2.63. The fourth-order valence-electron chi connectivity index (χ4n) is 1.56. The molecule has 0 unspecified atom stereocenters. The molecule has 0 spiro atoms. The van der Waals surface area contributed by atoms with Gasteiger partial charge in [-0.1, -0.05) is 25.4 Å². The van der Waals surface area contributed by atoms with Crippen LogP contribution in [0.2, 0.25) is 5.15 Å². The first-order valence-corrected chi connectivity index (χ1v) is 7.38. The Bertz CT molecular complexity index is 557. The van der Waals surface area contributed by atoms with E-state index in [2.05, 4.69) is 15.0 Å². The molecule has 0 aliphatic rings. The van der Waals surface area contributed by atoms with Gasteiger partial charge in [0, 0.05) is 23.3 Å². The van der Waals surface area contributed by atoms with Crippen LogP contribution in [0.3, 0.4) is 0 Å². The van der Waals surface area contributed by atoms with Crippen molar-refractivity contribution in [3.8, 4) is 5.88 Å². The van der Waals surface area contributed by atoms with Crippen molar-refractivity contribution in [3.63, 3.8) is 0 Å². The summed E-state index contributed by atoms with van der Waals surface area (Å²) in [7, 11) is 0. The van der Waals surface area contributed by atoms with E-state index in [1.165, 1.54) is 4.88 Å². The van der Waals surface area contributed by atoms with Gasteiger partial charge in [-0.3, -0.25) is 0 Å². The highest BCUT2D eigenvalue weighted by atomic mass is 35.5. The summed E-state index contributed by atoms with van der Waals surface area (Å²) in [6, 6.07) is 1.65. The smallest absolute Gasteiger partial charge is 0.218 e. The maximum atomic E-state index is 5.96. The number of rotatable bonds is 5. The molecule has 2 aromatic heterocycles. The van der Waals surface area contributed by atoms with Crippen LogP contribution in [0.5, 0.6) is 5.88 Å². The van der Waals surface area contributed by atoms with Crippen molar-refractivity contribution in [2.75, 3.05) is 6.61 Å². The summed E-state index contributed by atoms with van der Waals surface area (Å²) in [6.07, 6.45) is 0.829. The molecule has 0 aliphatic carbocycles. The SMILES string of the molecule is Cc1ncsc1CCOc1cc(Cl)nc(C(C)C)n1. The molecule has 0 aromatic carbocycles. The summed E-state index contributed by atoms with van der Waals surface area (Å²) in [4.78, 5) is 14.0. The van der Waals surface area contributed by atoms with Gasteiger partial charge in [0.25, 0.3) is 0 Å². The lowest BCUT2D eigenvalue weighted by atomic mass is 10.2. The Balaban J connectivity index is 1.98. The third-order valence-corrected chi connectivity index (χ3v) is 3.82. The van der Waals surface area contributed by atoms with Gasteiger partial charge < -0.3 is 4.74 Å². The number of aromatic nitrogens is 3. The van der Waals surface area contributed by atoms with Gasteiger partial charge in [0.1, 0.15) is 11.0 Å². The van der Waals surface area contributed by atoms with Crippen LogP contribution < -0.4 is 4.74 Å². The van der Waals surface area contributed by atoms with Gasteiger partial charge in [-0.05, 0) is 6.92 Å². The molecule has 2 heterocycles. The zero-order valence-corrected chi connectivity index (χ0v) is 12.8. The van der Waals surface area contributed by atoms with E-state index < -0.39 is 0 Å². The number of hydrogen-bond donors (Lipinski definition) is 0. The van der Waals surface area contributed by atoms with E-state index in [1.54, 1.807) is 17.4 Å². The number of nitrogens with zero attached hydrogens (tertiary/aromatic N) is 3. The second-order valence-corrected chi connectivity index (χ2v) is 5.83. The van der Waals surface area contributed by atoms with Crippen LogP contribution in [0.25, 0.3) is 0 Å². The van der Waals surface area contributed by atoms with Crippen molar-refractivity contribution in [1.82, 2.24) is 15.0 Å². The molecule has 2 aromatic rings. The average molecular weight is 298 g/mol. The lowest BCUT2D eigenvalue weighted by Crippen LogP contribution is -2.05. The van der Waals surface area contributed by atoms with Crippen molar-refractivity contribution in [1.29, 1.82) is 0 Å². The fraction of sp³-hybridized carbons (Fsp3) is 0.462. The zero-order valence-electron chi connectivity index (χ0n) is 11.2. The first-order chi connectivity index (χ1) is 9.06. The topological polar surface area (TPSA) is 47.9 Å². The number of aryl methyl sites for hydroxylation is 1. The van der Waals surface area contributed by atoms with Gasteiger partial charge in [0.2, 0.25) is 5.88 Å². The van der Waals surface area contributed by atoms with Gasteiger partial charge in [-0.2, -0.15) is 4.98 Å². The first-order valence-electron chi connectivity index (χ1n) is 6.12. The summed E-state index contributed by atoms with van der Waals surface area (Å²) in [6.45, 7) is 6.62. The maximum Gasteiger partial charge on any atom is 0.218 e. The van der Waals surface area contributed by atoms with E-state index >= 15 is 0 Å². The summed E-state index contributed by atoms with van der Waals surface area (Å²) in [5.41, 5.74) is 2.92. The molecule has 4 nitrogen and oxygen atoms in total. The molecule has 0 fully saturated rings. The lowest BCUT2D eigenvalue weighted by molar-refractivity contribution is 0.308. The van der Waals surface area contributed by atoms with Crippen LogP contribution in [0.15, 0.2) is 11.6 Å². The van der Waals surface area contributed by atoms with Crippen LogP contribution in [-0.2, 0) is 6.42 Å². The standard InChI is InChI=1S/C13H16ClN3OS/c1-8(2)13-16-11(14)6-12(17-13)18-5-4-10-9(3)15-7-19-10/h6-8H,4-5H2,1-3H3. The van der Waals surface area contributed by atoms with Crippen molar-refractivity contribution in [2.45, 2.75) is 33.1 Å². The van der Waals surface area contributed by atoms with E-state index in [4.69, 9.17) is 16.3 Å². The molecule has 0 bridgehead atoms. The van der Waals surface area contributed by atoms with Crippen molar-refractivity contribution >= 4 is 22.9 Å². The van der Waals surface area contributed by atoms with Gasteiger partial charge in [-0.15, -0.1) is 11.3 Å². The predicted octanol–water partition coefficient (Wildman–Crippen LogP) is 3.64. The summed E-state index contributed by atoms with van der Waals surface area (Å²) in [5.74, 6) is 1.46. The van der Waals surface area contributed by atoms with Crippen LogP contribution in [0, 0.1) is 6.92 Å².